The molecular formula is C11H15BrO3S. The number of hydrogen-bond acceptors (Lipinski definition) is 3. The lowest BCUT2D eigenvalue weighted by atomic mass is 10.3. The highest BCUT2D eigenvalue weighted by atomic mass is 79.9. The summed E-state index contributed by atoms with van der Waals surface area (Å²) in [6.07, 6.45) is 0. The molecule has 1 rings (SSSR count). The SMILES string of the molecule is CC(C)S(=O)(=O)CCOc1ccc(Br)cc1. The van der Waals surface area contributed by atoms with Crippen molar-refractivity contribution in [3.05, 3.63) is 28.7 Å². The van der Waals surface area contributed by atoms with Crippen molar-refractivity contribution < 1.29 is 13.2 Å². The highest BCUT2D eigenvalue weighted by molar-refractivity contribution is 9.10. The first-order valence-electron chi connectivity index (χ1n) is 5.02. The Labute approximate surface area is 105 Å². The zero-order valence-corrected chi connectivity index (χ0v) is 11.7. The number of halogens is 1. The molecule has 0 N–H and O–H groups in total. The molecular weight excluding hydrogens is 292 g/mol. The van der Waals surface area contributed by atoms with Crippen LogP contribution >= 0.6 is 15.9 Å². The van der Waals surface area contributed by atoms with E-state index in [2.05, 4.69) is 15.9 Å². The van der Waals surface area contributed by atoms with Crippen LogP contribution in [0.3, 0.4) is 0 Å². The smallest absolute Gasteiger partial charge is 0.155 e. The van der Waals surface area contributed by atoms with E-state index in [0.717, 1.165) is 4.47 Å². The Morgan fingerprint density at radius 1 is 1.25 bits per heavy atom. The molecule has 0 fully saturated rings. The molecule has 0 aromatic heterocycles. The topological polar surface area (TPSA) is 43.4 Å². The highest BCUT2D eigenvalue weighted by Gasteiger charge is 2.15. The van der Waals surface area contributed by atoms with Crippen molar-refractivity contribution in [2.45, 2.75) is 19.1 Å². The molecule has 0 aliphatic heterocycles. The summed E-state index contributed by atoms with van der Waals surface area (Å²) < 4.78 is 29.3. The van der Waals surface area contributed by atoms with E-state index in [1.54, 1.807) is 26.0 Å². The number of rotatable bonds is 5. The number of ether oxygens (including phenoxy) is 1. The van der Waals surface area contributed by atoms with Crippen molar-refractivity contribution in [1.82, 2.24) is 0 Å². The van der Waals surface area contributed by atoms with Crippen molar-refractivity contribution in [3.63, 3.8) is 0 Å². The van der Waals surface area contributed by atoms with Gasteiger partial charge in [0, 0.05) is 4.47 Å². The van der Waals surface area contributed by atoms with Crippen molar-refractivity contribution in [2.75, 3.05) is 12.4 Å². The molecule has 0 radical (unpaired) electrons. The fourth-order valence-corrected chi connectivity index (χ4v) is 2.09. The maximum absolute atomic E-state index is 11.5. The second-order valence-electron chi connectivity index (χ2n) is 3.72. The normalized spacial score (nSPS) is 11.8. The minimum absolute atomic E-state index is 0.0563. The first-order valence-corrected chi connectivity index (χ1v) is 7.52. The Kier molecular flexibility index (Phi) is 4.80. The average Bonchev–Trinajstić information content (AvgIpc) is 2.20. The van der Waals surface area contributed by atoms with Crippen LogP contribution in [-0.2, 0) is 9.84 Å². The molecule has 1 aromatic carbocycles. The molecule has 0 atom stereocenters. The first kappa shape index (κ1) is 13.5. The summed E-state index contributed by atoms with van der Waals surface area (Å²) in [7, 11) is -3.01. The van der Waals surface area contributed by atoms with Gasteiger partial charge >= 0.3 is 0 Å². The van der Waals surface area contributed by atoms with Gasteiger partial charge in [-0.25, -0.2) is 8.42 Å². The predicted octanol–water partition coefficient (Wildman–Crippen LogP) is 2.65. The van der Waals surface area contributed by atoms with Crippen LogP contribution in [0.1, 0.15) is 13.8 Å². The van der Waals surface area contributed by atoms with Crippen molar-refractivity contribution in [2.24, 2.45) is 0 Å². The molecule has 1 aromatic rings. The van der Waals surface area contributed by atoms with E-state index in [0.29, 0.717) is 5.75 Å². The molecule has 0 amide bonds. The van der Waals surface area contributed by atoms with Gasteiger partial charge in [0.25, 0.3) is 0 Å². The van der Waals surface area contributed by atoms with Gasteiger partial charge in [0.1, 0.15) is 12.4 Å². The Morgan fingerprint density at radius 2 is 1.81 bits per heavy atom. The molecule has 0 saturated carbocycles. The maximum Gasteiger partial charge on any atom is 0.155 e. The van der Waals surface area contributed by atoms with E-state index in [9.17, 15) is 8.42 Å². The summed E-state index contributed by atoms with van der Waals surface area (Å²) in [6, 6.07) is 7.30. The lowest BCUT2D eigenvalue weighted by Gasteiger charge is -2.09. The van der Waals surface area contributed by atoms with Crippen LogP contribution in [-0.4, -0.2) is 26.0 Å². The number of hydrogen-bond donors (Lipinski definition) is 0. The molecule has 0 saturated heterocycles. The van der Waals surface area contributed by atoms with Crippen LogP contribution < -0.4 is 4.74 Å². The molecule has 0 unspecified atom stereocenters. The molecule has 3 nitrogen and oxygen atoms in total. The van der Waals surface area contributed by atoms with Gasteiger partial charge in [-0.05, 0) is 38.1 Å². The minimum Gasteiger partial charge on any atom is -0.493 e. The summed E-state index contributed by atoms with van der Waals surface area (Å²) in [5, 5.41) is -0.346. The number of sulfone groups is 1. The fraction of sp³-hybridized carbons (Fsp3) is 0.455. The molecule has 0 aliphatic rings. The summed E-state index contributed by atoms with van der Waals surface area (Å²) in [5.74, 6) is 0.739. The Morgan fingerprint density at radius 3 is 2.31 bits per heavy atom. The van der Waals surface area contributed by atoms with Crippen LogP contribution in [0, 0.1) is 0 Å². The van der Waals surface area contributed by atoms with Crippen LogP contribution in [0.25, 0.3) is 0 Å². The summed E-state index contributed by atoms with van der Waals surface area (Å²) >= 11 is 3.31. The van der Waals surface area contributed by atoms with Gasteiger partial charge in [0.2, 0.25) is 0 Å². The molecule has 5 heteroatoms. The largest absolute Gasteiger partial charge is 0.493 e. The quantitative estimate of drug-likeness (QED) is 0.840. The van der Waals surface area contributed by atoms with Gasteiger partial charge < -0.3 is 4.74 Å². The zero-order valence-electron chi connectivity index (χ0n) is 9.31. The lowest BCUT2D eigenvalue weighted by molar-refractivity contribution is 0.340. The van der Waals surface area contributed by atoms with Crippen LogP contribution in [0.15, 0.2) is 28.7 Å². The summed E-state index contributed by atoms with van der Waals surface area (Å²) in [6.45, 7) is 3.55. The zero-order chi connectivity index (χ0) is 12.2. The molecule has 16 heavy (non-hydrogen) atoms. The van der Waals surface area contributed by atoms with Gasteiger partial charge in [-0.15, -0.1) is 0 Å². The van der Waals surface area contributed by atoms with Crippen LogP contribution in [0.4, 0.5) is 0 Å². The highest BCUT2D eigenvalue weighted by Crippen LogP contribution is 2.16. The molecule has 0 aliphatic carbocycles. The third-order valence-electron chi connectivity index (χ3n) is 2.17. The van der Waals surface area contributed by atoms with Gasteiger partial charge in [-0.1, -0.05) is 15.9 Å². The standard InChI is InChI=1S/C11H15BrO3S/c1-9(2)16(13,14)8-7-15-11-5-3-10(12)4-6-11/h3-6,9H,7-8H2,1-2H3. The molecule has 0 spiro atoms. The number of benzene rings is 1. The Bertz CT molecular complexity index is 423. The Hall–Kier alpha value is -0.550. The Balaban J connectivity index is 2.45. The average molecular weight is 307 g/mol. The predicted molar refractivity (Wildman–Crippen MR) is 68.6 cm³/mol. The van der Waals surface area contributed by atoms with E-state index in [-0.39, 0.29) is 17.6 Å². The van der Waals surface area contributed by atoms with E-state index in [1.807, 2.05) is 12.1 Å². The summed E-state index contributed by atoms with van der Waals surface area (Å²) in [4.78, 5) is 0. The summed E-state index contributed by atoms with van der Waals surface area (Å²) in [5.41, 5.74) is 0. The first-order chi connectivity index (χ1) is 7.42. The second-order valence-corrected chi connectivity index (χ2v) is 7.31. The van der Waals surface area contributed by atoms with Crippen molar-refractivity contribution >= 4 is 25.8 Å². The van der Waals surface area contributed by atoms with Crippen molar-refractivity contribution in [1.29, 1.82) is 0 Å². The van der Waals surface area contributed by atoms with Crippen molar-refractivity contribution in [3.8, 4) is 5.75 Å². The van der Waals surface area contributed by atoms with E-state index in [1.165, 1.54) is 0 Å². The third-order valence-corrected chi connectivity index (χ3v) is 4.87. The monoisotopic (exact) mass is 306 g/mol. The molecule has 0 heterocycles. The molecule has 90 valence electrons. The van der Waals surface area contributed by atoms with Gasteiger partial charge in [-0.2, -0.15) is 0 Å². The molecule has 0 bridgehead atoms. The van der Waals surface area contributed by atoms with E-state index < -0.39 is 9.84 Å². The van der Waals surface area contributed by atoms with E-state index >= 15 is 0 Å². The van der Waals surface area contributed by atoms with Gasteiger partial charge in [-0.3, -0.25) is 0 Å². The maximum atomic E-state index is 11.5. The fourth-order valence-electron chi connectivity index (χ4n) is 1.04. The minimum atomic E-state index is -3.01. The van der Waals surface area contributed by atoms with Gasteiger partial charge in [0.15, 0.2) is 9.84 Å². The lowest BCUT2D eigenvalue weighted by Crippen LogP contribution is -2.21. The van der Waals surface area contributed by atoms with Crippen LogP contribution in [0.2, 0.25) is 0 Å². The second kappa shape index (κ2) is 5.68. The third kappa shape index (κ3) is 4.14. The van der Waals surface area contributed by atoms with E-state index in [4.69, 9.17) is 4.74 Å². The van der Waals surface area contributed by atoms with Gasteiger partial charge in [0.05, 0.1) is 11.0 Å². The van der Waals surface area contributed by atoms with Crippen LogP contribution in [0.5, 0.6) is 5.75 Å².